The van der Waals surface area contributed by atoms with Crippen molar-refractivity contribution in [1.82, 2.24) is 29.5 Å². The van der Waals surface area contributed by atoms with Crippen molar-refractivity contribution in [2.24, 2.45) is 5.92 Å². The molecule has 35 heavy (non-hydrogen) atoms. The number of aryl methyl sites for hydroxylation is 1. The summed E-state index contributed by atoms with van der Waals surface area (Å²) in [6, 6.07) is 3.41. The van der Waals surface area contributed by atoms with Gasteiger partial charge in [-0.15, -0.1) is 4.80 Å². The van der Waals surface area contributed by atoms with Crippen LogP contribution in [0.15, 0.2) is 36.9 Å². The Labute approximate surface area is 220 Å². The van der Waals surface area contributed by atoms with Gasteiger partial charge in [0.2, 0.25) is 0 Å². The molecule has 0 amide bonds. The van der Waals surface area contributed by atoms with E-state index in [-0.39, 0.29) is 29.6 Å². The topological polar surface area (TPSA) is 81.7 Å². The number of anilines is 1. The number of halogens is 3. The number of rotatable bonds is 5. The molecule has 1 aliphatic rings. The Balaban J connectivity index is 1.47. The molecule has 0 aromatic carbocycles. The summed E-state index contributed by atoms with van der Waals surface area (Å²) < 4.78 is 16.3. The maximum Gasteiger partial charge on any atom is 0.195 e. The molecule has 0 unspecified atom stereocenters. The Bertz CT molecular complexity index is 1390. The zero-order valence-electron chi connectivity index (χ0n) is 19.5. The van der Waals surface area contributed by atoms with Crippen LogP contribution in [0.3, 0.4) is 0 Å². The third kappa shape index (κ3) is 4.31. The Kier molecular flexibility index (Phi) is 6.51. The number of fused-ring (bicyclic) bond motifs is 1. The summed E-state index contributed by atoms with van der Waals surface area (Å²) in [6.45, 7) is 6.85. The second-order valence-electron chi connectivity index (χ2n) is 8.91. The molecule has 5 heterocycles. The van der Waals surface area contributed by atoms with Crippen LogP contribution in [0.25, 0.3) is 16.9 Å². The highest BCUT2D eigenvalue weighted by Gasteiger charge is 2.37. The van der Waals surface area contributed by atoms with Crippen molar-refractivity contribution in [3.63, 3.8) is 0 Å². The molecule has 0 bridgehead atoms. The second-order valence-corrected chi connectivity index (χ2v) is 10.5. The van der Waals surface area contributed by atoms with Gasteiger partial charge in [0.1, 0.15) is 17.3 Å². The van der Waals surface area contributed by atoms with Crippen LogP contribution in [0.4, 0.5) is 10.2 Å². The van der Waals surface area contributed by atoms with Gasteiger partial charge in [0.05, 0.1) is 27.2 Å². The van der Waals surface area contributed by atoms with Crippen molar-refractivity contribution in [2.75, 3.05) is 4.90 Å². The zero-order valence-corrected chi connectivity index (χ0v) is 22.4. The van der Waals surface area contributed by atoms with Gasteiger partial charge in [-0.25, -0.2) is 14.4 Å². The van der Waals surface area contributed by atoms with Gasteiger partial charge in [-0.2, -0.15) is 10.2 Å². The maximum absolute atomic E-state index is 13.8. The lowest BCUT2D eigenvalue weighted by Crippen LogP contribution is -2.49. The highest BCUT2D eigenvalue weighted by Crippen LogP contribution is 2.37. The normalized spacial score (nSPS) is 20.5. The molecule has 0 aliphatic carbocycles. The summed E-state index contributed by atoms with van der Waals surface area (Å²) >= 11 is 8.66. The lowest BCUT2D eigenvalue weighted by Gasteiger charge is -2.43. The summed E-state index contributed by atoms with van der Waals surface area (Å²) in [5.41, 5.74) is 1.31. The van der Waals surface area contributed by atoms with E-state index in [1.54, 1.807) is 18.5 Å². The van der Waals surface area contributed by atoms with Gasteiger partial charge in [0.25, 0.3) is 0 Å². The van der Waals surface area contributed by atoms with E-state index in [1.165, 1.54) is 17.1 Å². The molecule has 4 aromatic rings. The number of hydrogen-bond acceptors (Lipinski definition) is 6. The molecule has 0 saturated carbocycles. The number of pyridine rings is 2. The number of ketones is 1. The highest BCUT2D eigenvalue weighted by atomic mass is 127. The van der Waals surface area contributed by atoms with Crippen LogP contribution in [0.5, 0.6) is 0 Å². The van der Waals surface area contributed by atoms with E-state index in [9.17, 15) is 9.18 Å². The number of nitrogens with zero attached hydrogens (tertiary/aromatic N) is 7. The molecule has 8 nitrogen and oxygen atoms in total. The van der Waals surface area contributed by atoms with Gasteiger partial charge in [-0.3, -0.25) is 4.79 Å². The monoisotopic (exact) mass is 607 g/mol. The molecule has 0 N–H and O–H groups in total. The standard InChI is InChI=1S/C24H24ClFIN7O/c1-4-32-12-18(17-10-19(25)23(31-22(17)32)34-29-5-6-30-34)21(35)15-7-13(2)33(14(3)8-15)24-20(27)9-16(26)11-28-24/h5-6,9-15H,4,7-8H2,1-3H3/t13-,14-/m1/s1. The molecule has 1 aliphatic heterocycles. The minimum absolute atomic E-state index is 0.0675. The van der Waals surface area contributed by atoms with E-state index in [4.69, 9.17) is 16.6 Å². The fourth-order valence-electron chi connectivity index (χ4n) is 5.11. The summed E-state index contributed by atoms with van der Waals surface area (Å²) in [7, 11) is 0. The summed E-state index contributed by atoms with van der Waals surface area (Å²) in [5.74, 6) is 0.764. The van der Waals surface area contributed by atoms with Gasteiger partial charge in [0, 0.05) is 41.7 Å². The Hall–Kier alpha value is -2.60. The zero-order chi connectivity index (χ0) is 24.9. The second kappa shape index (κ2) is 9.45. The van der Waals surface area contributed by atoms with Gasteiger partial charge in [-0.1, -0.05) is 11.6 Å². The van der Waals surface area contributed by atoms with Crippen LogP contribution in [-0.2, 0) is 6.54 Å². The van der Waals surface area contributed by atoms with E-state index in [0.717, 1.165) is 14.8 Å². The lowest BCUT2D eigenvalue weighted by molar-refractivity contribution is 0.0878. The number of carbonyl (C=O) groups is 1. The first-order valence-electron chi connectivity index (χ1n) is 11.5. The molecule has 4 aromatic heterocycles. The van der Waals surface area contributed by atoms with Gasteiger partial charge < -0.3 is 9.47 Å². The fourth-order valence-corrected chi connectivity index (χ4v) is 6.05. The number of carbonyl (C=O) groups excluding carboxylic acids is 1. The van der Waals surface area contributed by atoms with Crippen LogP contribution < -0.4 is 4.90 Å². The van der Waals surface area contributed by atoms with Crippen molar-refractivity contribution in [3.8, 4) is 5.82 Å². The third-order valence-corrected chi connectivity index (χ3v) is 7.68. The Morgan fingerprint density at radius 2 is 1.86 bits per heavy atom. The Morgan fingerprint density at radius 3 is 2.49 bits per heavy atom. The largest absolute Gasteiger partial charge is 0.350 e. The SMILES string of the molecule is CCn1cc(C(=O)C2C[C@@H](C)N(c3ncc(F)cc3I)[C@H](C)C2)c2cc(Cl)c(-n3nccn3)nc21. The molecule has 11 heteroatoms. The molecular formula is C24H24ClFIN7O. The van der Waals surface area contributed by atoms with Gasteiger partial charge in [-0.05, 0) is 68.3 Å². The lowest BCUT2D eigenvalue weighted by atomic mass is 9.82. The van der Waals surface area contributed by atoms with Crippen LogP contribution in [0.1, 0.15) is 44.0 Å². The highest BCUT2D eigenvalue weighted by molar-refractivity contribution is 14.1. The first-order valence-corrected chi connectivity index (χ1v) is 12.9. The van der Waals surface area contributed by atoms with E-state index in [2.05, 4.69) is 56.5 Å². The maximum atomic E-state index is 13.8. The fraction of sp³-hybridized carbons (Fsp3) is 0.375. The van der Waals surface area contributed by atoms with Crippen LogP contribution >= 0.6 is 34.2 Å². The molecule has 182 valence electrons. The van der Waals surface area contributed by atoms with Gasteiger partial charge in [0.15, 0.2) is 11.6 Å². The number of Topliss-reactive ketones (excluding diaryl/α,β-unsaturated/α-hetero) is 1. The molecule has 0 spiro atoms. The molecule has 2 atom stereocenters. The number of hydrogen-bond donors (Lipinski definition) is 0. The van der Waals surface area contributed by atoms with Crippen LogP contribution in [-0.4, -0.2) is 47.4 Å². The number of aromatic nitrogens is 6. The number of piperidine rings is 1. The summed E-state index contributed by atoms with van der Waals surface area (Å²) in [6.07, 6.45) is 7.60. The van der Waals surface area contributed by atoms with Crippen molar-refractivity contribution in [3.05, 3.63) is 56.9 Å². The average molecular weight is 608 g/mol. The summed E-state index contributed by atoms with van der Waals surface area (Å²) in [5, 5.41) is 9.38. The van der Waals surface area contributed by atoms with Gasteiger partial charge >= 0.3 is 0 Å². The summed E-state index contributed by atoms with van der Waals surface area (Å²) in [4.78, 5) is 26.4. The van der Waals surface area contributed by atoms with E-state index < -0.39 is 0 Å². The molecule has 1 fully saturated rings. The molecule has 0 radical (unpaired) electrons. The first-order chi connectivity index (χ1) is 16.8. The van der Waals surface area contributed by atoms with Crippen molar-refractivity contribution in [1.29, 1.82) is 0 Å². The van der Waals surface area contributed by atoms with Crippen LogP contribution in [0.2, 0.25) is 5.02 Å². The average Bonchev–Trinajstić information content (AvgIpc) is 3.46. The minimum atomic E-state index is -0.352. The third-order valence-electron chi connectivity index (χ3n) is 6.60. The van der Waals surface area contributed by atoms with Crippen LogP contribution in [0, 0.1) is 15.3 Å². The first kappa shape index (κ1) is 24.1. The molecule has 1 saturated heterocycles. The minimum Gasteiger partial charge on any atom is -0.350 e. The molecule has 5 rings (SSSR count). The predicted molar refractivity (Wildman–Crippen MR) is 141 cm³/mol. The Morgan fingerprint density at radius 1 is 1.17 bits per heavy atom. The van der Waals surface area contributed by atoms with E-state index in [1.807, 2.05) is 17.7 Å². The van der Waals surface area contributed by atoms with Crippen molar-refractivity contribution in [2.45, 2.75) is 52.2 Å². The van der Waals surface area contributed by atoms with Crippen molar-refractivity contribution < 1.29 is 9.18 Å². The van der Waals surface area contributed by atoms with Crippen molar-refractivity contribution >= 4 is 56.8 Å². The quantitative estimate of drug-likeness (QED) is 0.226. The van der Waals surface area contributed by atoms with E-state index in [0.29, 0.717) is 41.4 Å². The molecular weight excluding hydrogens is 584 g/mol. The smallest absolute Gasteiger partial charge is 0.195 e. The predicted octanol–water partition coefficient (Wildman–Crippen LogP) is 5.31. The van der Waals surface area contributed by atoms with E-state index >= 15 is 0 Å².